The van der Waals surface area contributed by atoms with Crippen molar-refractivity contribution in [2.75, 3.05) is 0 Å². The van der Waals surface area contributed by atoms with Crippen LogP contribution in [0.3, 0.4) is 0 Å². The van der Waals surface area contributed by atoms with E-state index in [2.05, 4.69) is 31.2 Å². The zero-order chi connectivity index (χ0) is 12.5. The molecule has 0 bridgehead atoms. The van der Waals surface area contributed by atoms with Crippen LogP contribution in [0.4, 0.5) is 0 Å². The molecule has 0 saturated heterocycles. The van der Waals surface area contributed by atoms with Crippen LogP contribution >= 0.6 is 0 Å². The van der Waals surface area contributed by atoms with Crippen molar-refractivity contribution in [3.05, 3.63) is 40.6 Å². The maximum Gasteiger partial charge on any atom is 0.0708 e. The molecule has 2 heteroatoms. The van der Waals surface area contributed by atoms with Gasteiger partial charge in [-0.25, -0.2) is 0 Å². The van der Waals surface area contributed by atoms with Crippen LogP contribution in [-0.4, -0.2) is 4.98 Å². The fraction of sp³-hybridized carbons (Fsp3) is 0.375. The average molecular weight is 236 g/mol. The summed E-state index contributed by atoms with van der Waals surface area (Å²) < 4.78 is 0. The Kier molecular flexibility index (Phi) is 2.76. The van der Waals surface area contributed by atoms with Crippen LogP contribution in [0.2, 0.25) is 0 Å². The molecule has 0 N–H and O–H groups in total. The first-order valence-electron chi connectivity index (χ1n) is 6.63. The molecular formula is C16H16N2. The minimum Gasteiger partial charge on any atom is -0.253 e. The number of hydrogen-bond donors (Lipinski definition) is 0. The summed E-state index contributed by atoms with van der Waals surface area (Å²) in [5, 5.41) is 10.3. The van der Waals surface area contributed by atoms with E-state index >= 15 is 0 Å². The first-order valence-corrected chi connectivity index (χ1v) is 6.63. The van der Waals surface area contributed by atoms with Crippen molar-refractivity contribution in [1.29, 1.82) is 5.26 Å². The quantitative estimate of drug-likeness (QED) is 0.801. The van der Waals surface area contributed by atoms with Gasteiger partial charge in [-0.15, -0.1) is 0 Å². The molecule has 2 nitrogen and oxygen atoms in total. The molecule has 1 aromatic carbocycles. The number of nitriles is 1. The summed E-state index contributed by atoms with van der Waals surface area (Å²) in [6.07, 6.45) is 4.87. The molecule has 0 aliphatic heterocycles. The van der Waals surface area contributed by atoms with E-state index in [1.807, 2.05) is 0 Å². The summed E-state index contributed by atoms with van der Waals surface area (Å²) in [6, 6.07) is 8.78. The van der Waals surface area contributed by atoms with E-state index in [9.17, 15) is 0 Å². The van der Waals surface area contributed by atoms with Gasteiger partial charge in [0.1, 0.15) is 0 Å². The van der Waals surface area contributed by atoms with Gasteiger partial charge in [0.25, 0.3) is 0 Å². The third kappa shape index (κ3) is 1.67. The Hall–Kier alpha value is -1.88. The molecule has 0 spiro atoms. The van der Waals surface area contributed by atoms with E-state index < -0.39 is 0 Å². The average Bonchev–Trinajstić information content (AvgIpc) is 2.86. The molecule has 90 valence electrons. The largest absolute Gasteiger partial charge is 0.253 e. The minimum atomic E-state index is 0.508. The Balaban J connectivity index is 2.32. The fourth-order valence-electron chi connectivity index (χ4n) is 2.91. The Morgan fingerprint density at radius 3 is 3.00 bits per heavy atom. The van der Waals surface area contributed by atoms with Crippen molar-refractivity contribution in [2.45, 2.75) is 39.0 Å². The molecule has 0 unspecified atom stereocenters. The molecule has 0 amide bonds. The van der Waals surface area contributed by atoms with Gasteiger partial charge < -0.3 is 0 Å². The highest BCUT2D eigenvalue weighted by molar-refractivity contribution is 5.85. The number of fused-ring (bicyclic) bond motifs is 2. The van der Waals surface area contributed by atoms with Crippen LogP contribution < -0.4 is 0 Å². The van der Waals surface area contributed by atoms with Gasteiger partial charge in [-0.1, -0.05) is 13.0 Å². The topological polar surface area (TPSA) is 36.7 Å². The normalized spacial score (nSPS) is 13.6. The first-order chi connectivity index (χ1) is 8.83. The summed E-state index contributed by atoms with van der Waals surface area (Å²) >= 11 is 0. The van der Waals surface area contributed by atoms with E-state index in [0.717, 1.165) is 24.8 Å². The van der Waals surface area contributed by atoms with Crippen molar-refractivity contribution in [2.24, 2.45) is 0 Å². The number of nitrogens with zero attached hydrogens (tertiary/aromatic N) is 2. The summed E-state index contributed by atoms with van der Waals surface area (Å²) in [6.45, 7) is 2.16. The highest BCUT2D eigenvalue weighted by Gasteiger charge is 2.19. The van der Waals surface area contributed by atoms with Crippen LogP contribution in [0.5, 0.6) is 0 Å². The van der Waals surface area contributed by atoms with E-state index in [0.29, 0.717) is 6.42 Å². The number of aromatic nitrogens is 1. The van der Waals surface area contributed by atoms with E-state index in [1.54, 1.807) is 0 Å². The molecule has 1 aliphatic rings. The van der Waals surface area contributed by atoms with Crippen LogP contribution in [0.25, 0.3) is 10.9 Å². The predicted octanol–water partition coefficient (Wildman–Crippen LogP) is 3.35. The second-order valence-electron chi connectivity index (χ2n) is 4.91. The lowest BCUT2D eigenvalue weighted by atomic mass is 9.97. The second kappa shape index (κ2) is 4.42. The van der Waals surface area contributed by atoms with Crippen molar-refractivity contribution < 1.29 is 0 Å². The lowest BCUT2D eigenvalue weighted by Gasteiger charge is -2.11. The molecule has 3 rings (SSSR count). The Bertz CT molecular complexity index is 650. The van der Waals surface area contributed by atoms with Crippen LogP contribution in [-0.2, 0) is 25.7 Å². The maximum absolute atomic E-state index is 9.07. The molecule has 1 aliphatic carbocycles. The number of rotatable bonds is 2. The molecule has 1 aromatic heterocycles. The molecule has 0 saturated carbocycles. The Morgan fingerprint density at radius 2 is 2.22 bits per heavy atom. The molecular weight excluding hydrogens is 220 g/mol. The highest BCUT2D eigenvalue weighted by atomic mass is 14.7. The van der Waals surface area contributed by atoms with E-state index in [4.69, 9.17) is 10.2 Å². The van der Waals surface area contributed by atoms with Gasteiger partial charge in [-0.3, -0.25) is 4.98 Å². The first kappa shape index (κ1) is 11.2. The molecule has 18 heavy (non-hydrogen) atoms. The monoisotopic (exact) mass is 236 g/mol. The maximum atomic E-state index is 9.07. The van der Waals surface area contributed by atoms with Crippen molar-refractivity contribution >= 4 is 10.9 Å². The number of aryl methyl sites for hydroxylation is 2. The van der Waals surface area contributed by atoms with Gasteiger partial charge in [0, 0.05) is 11.1 Å². The lowest BCUT2D eigenvalue weighted by molar-refractivity contribution is 0.899. The SMILES string of the molecule is CCc1ccc2nc3c(c(CC#N)c2c1)CCC3. The molecule has 0 fully saturated rings. The van der Waals surface area contributed by atoms with E-state index in [-0.39, 0.29) is 0 Å². The van der Waals surface area contributed by atoms with Gasteiger partial charge in [-0.05, 0) is 54.5 Å². The van der Waals surface area contributed by atoms with Crippen LogP contribution in [0, 0.1) is 11.3 Å². The molecule has 0 radical (unpaired) electrons. The minimum absolute atomic E-state index is 0.508. The number of pyridine rings is 1. The summed E-state index contributed by atoms with van der Waals surface area (Å²) in [7, 11) is 0. The third-order valence-corrected chi connectivity index (χ3v) is 3.86. The number of hydrogen-bond acceptors (Lipinski definition) is 2. The van der Waals surface area contributed by atoms with Crippen molar-refractivity contribution in [1.82, 2.24) is 4.98 Å². The lowest BCUT2D eigenvalue weighted by Crippen LogP contribution is -1.99. The van der Waals surface area contributed by atoms with Gasteiger partial charge >= 0.3 is 0 Å². The summed E-state index contributed by atoms with van der Waals surface area (Å²) in [4.78, 5) is 4.76. The summed E-state index contributed by atoms with van der Waals surface area (Å²) in [5.41, 5.74) is 6.17. The zero-order valence-electron chi connectivity index (χ0n) is 10.7. The fourth-order valence-corrected chi connectivity index (χ4v) is 2.91. The summed E-state index contributed by atoms with van der Waals surface area (Å²) in [5.74, 6) is 0. The van der Waals surface area contributed by atoms with Gasteiger partial charge in [-0.2, -0.15) is 5.26 Å². The Morgan fingerprint density at radius 1 is 1.33 bits per heavy atom. The zero-order valence-corrected chi connectivity index (χ0v) is 10.7. The van der Waals surface area contributed by atoms with Crippen molar-refractivity contribution in [3.63, 3.8) is 0 Å². The predicted molar refractivity (Wildman–Crippen MR) is 72.5 cm³/mol. The second-order valence-corrected chi connectivity index (χ2v) is 4.91. The molecule has 0 atom stereocenters. The van der Waals surface area contributed by atoms with Crippen LogP contribution in [0.15, 0.2) is 18.2 Å². The van der Waals surface area contributed by atoms with Crippen LogP contribution in [0.1, 0.15) is 35.7 Å². The molecule has 2 aromatic rings. The van der Waals surface area contributed by atoms with E-state index in [1.165, 1.54) is 34.2 Å². The molecule has 1 heterocycles. The number of benzene rings is 1. The smallest absolute Gasteiger partial charge is 0.0708 e. The van der Waals surface area contributed by atoms with Gasteiger partial charge in [0.2, 0.25) is 0 Å². The highest BCUT2D eigenvalue weighted by Crippen LogP contribution is 2.30. The third-order valence-electron chi connectivity index (χ3n) is 3.86. The Labute approximate surface area is 107 Å². The van der Waals surface area contributed by atoms with Gasteiger partial charge in [0.05, 0.1) is 18.0 Å². The van der Waals surface area contributed by atoms with Crippen molar-refractivity contribution in [3.8, 4) is 6.07 Å². The van der Waals surface area contributed by atoms with Gasteiger partial charge in [0.15, 0.2) is 0 Å². The standard InChI is InChI=1S/C16H16N2/c1-2-11-6-7-16-14(10-11)12(8-9-17)13-4-3-5-15(13)18-16/h6-7,10H,2-5,8H2,1H3.